The van der Waals surface area contributed by atoms with Gasteiger partial charge in [0.25, 0.3) is 10.1 Å². The smallest absolute Gasteiger partial charge is 0.294 e. The molecule has 5 aromatic carbocycles. The number of hydrogen-bond donors (Lipinski definition) is 3. The molecule has 5 rings (SSSR count). The topological polar surface area (TPSA) is 78.4 Å². The van der Waals surface area contributed by atoms with E-state index >= 15 is 0 Å². The van der Waals surface area contributed by atoms with Crippen molar-refractivity contribution < 1.29 is 13.0 Å². The second kappa shape index (κ2) is 8.00. The molecule has 0 unspecified atom stereocenters. The molecule has 0 atom stereocenters. The zero-order valence-corrected chi connectivity index (χ0v) is 17.8. The normalized spacial score (nSPS) is 11.5. The molecule has 6 heteroatoms. The Bertz CT molecular complexity index is 1530. The van der Waals surface area contributed by atoms with Crippen LogP contribution in [0.25, 0.3) is 21.5 Å². The van der Waals surface area contributed by atoms with Gasteiger partial charge in [-0.2, -0.15) is 8.42 Å². The molecule has 0 bridgehead atoms. The highest BCUT2D eigenvalue weighted by molar-refractivity contribution is 7.85. The number of rotatable bonds is 5. The third kappa shape index (κ3) is 3.77. The lowest BCUT2D eigenvalue weighted by molar-refractivity contribution is 0.483. The van der Waals surface area contributed by atoms with Gasteiger partial charge in [0.15, 0.2) is 0 Å². The highest BCUT2D eigenvalue weighted by Crippen LogP contribution is 2.42. The summed E-state index contributed by atoms with van der Waals surface area (Å²) in [6.07, 6.45) is 0. The molecule has 0 saturated carbocycles. The summed E-state index contributed by atoms with van der Waals surface area (Å²) in [5, 5.41) is 10.4. The molecular weight excluding hydrogens is 420 g/mol. The Labute approximate surface area is 186 Å². The maximum Gasteiger partial charge on any atom is 0.294 e. The van der Waals surface area contributed by atoms with Crippen LogP contribution in [0.3, 0.4) is 0 Å². The van der Waals surface area contributed by atoms with Gasteiger partial charge in [-0.25, -0.2) is 0 Å². The zero-order chi connectivity index (χ0) is 22.1. The van der Waals surface area contributed by atoms with Crippen molar-refractivity contribution in [2.24, 2.45) is 0 Å². The number of anilines is 4. The van der Waals surface area contributed by atoms with Crippen LogP contribution in [0, 0.1) is 0 Å². The Kier molecular flexibility index (Phi) is 5.01. The first-order valence-electron chi connectivity index (χ1n) is 10.1. The summed E-state index contributed by atoms with van der Waals surface area (Å²) >= 11 is 0. The van der Waals surface area contributed by atoms with Gasteiger partial charge in [-0.3, -0.25) is 4.55 Å². The second-order valence-corrected chi connectivity index (χ2v) is 8.88. The van der Waals surface area contributed by atoms with Crippen LogP contribution in [0.1, 0.15) is 0 Å². The molecule has 0 amide bonds. The zero-order valence-electron chi connectivity index (χ0n) is 17.0. The first-order valence-corrected chi connectivity index (χ1v) is 11.5. The average molecular weight is 441 g/mol. The van der Waals surface area contributed by atoms with Gasteiger partial charge in [-0.05, 0) is 36.4 Å². The van der Waals surface area contributed by atoms with E-state index < -0.39 is 10.1 Å². The SMILES string of the molecule is O=S(=O)(O)c1ccc2c(Nc3ccccc3)c3ccccc3c(Nc3ccccc3)c2c1. The van der Waals surface area contributed by atoms with Crippen LogP contribution in [-0.4, -0.2) is 13.0 Å². The molecule has 0 aliphatic rings. The molecule has 0 fully saturated rings. The summed E-state index contributed by atoms with van der Waals surface area (Å²) in [7, 11) is -4.36. The van der Waals surface area contributed by atoms with Crippen molar-refractivity contribution >= 4 is 54.4 Å². The Morgan fingerprint density at radius 2 is 0.969 bits per heavy atom. The Hall–Kier alpha value is -3.87. The summed E-state index contributed by atoms with van der Waals surface area (Å²) in [6.45, 7) is 0. The van der Waals surface area contributed by atoms with Crippen LogP contribution in [0.2, 0.25) is 0 Å². The fourth-order valence-electron chi connectivity index (χ4n) is 3.92. The van der Waals surface area contributed by atoms with E-state index in [0.717, 1.165) is 38.9 Å². The van der Waals surface area contributed by atoms with Gasteiger partial charge in [0, 0.05) is 32.9 Å². The second-order valence-electron chi connectivity index (χ2n) is 7.46. The van der Waals surface area contributed by atoms with Crippen molar-refractivity contribution in [3.05, 3.63) is 103 Å². The van der Waals surface area contributed by atoms with E-state index in [1.54, 1.807) is 6.07 Å². The molecule has 3 N–H and O–H groups in total. The van der Waals surface area contributed by atoms with Gasteiger partial charge in [-0.15, -0.1) is 0 Å². The molecule has 5 aromatic rings. The van der Waals surface area contributed by atoms with E-state index in [1.807, 2.05) is 84.9 Å². The van der Waals surface area contributed by atoms with Crippen LogP contribution in [0.15, 0.2) is 108 Å². The minimum atomic E-state index is -4.36. The number of fused-ring (bicyclic) bond motifs is 2. The molecule has 0 aliphatic carbocycles. The Morgan fingerprint density at radius 3 is 1.47 bits per heavy atom. The van der Waals surface area contributed by atoms with Crippen LogP contribution >= 0.6 is 0 Å². The highest BCUT2D eigenvalue weighted by Gasteiger charge is 2.18. The van der Waals surface area contributed by atoms with Gasteiger partial charge in [0.05, 0.1) is 16.3 Å². The van der Waals surface area contributed by atoms with Crippen molar-refractivity contribution in [1.82, 2.24) is 0 Å². The summed E-state index contributed by atoms with van der Waals surface area (Å²) < 4.78 is 33.5. The fourth-order valence-corrected chi connectivity index (χ4v) is 4.43. The maximum absolute atomic E-state index is 11.9. The molecular formula is C26H20N2O3S. The lowest BCUT2D eigenvalue weighted by Crippen LogP contribution is -2.01. The molecule has 0 aliphatic heterocycles. The van der Waals surface area contributed by atoms with E-state index in [-0.39, 0.29) is 4.90 Å². The average Bonchev–Trinajstić information content (AvgIpc) is 2.81. The molecule has 0 heterocycles. The van der Waals surface area contributed by atoms with Crippen molar-refractivity contribution in [3.63, 3.8) is 0 Å². The first-order chi connectivity index (χ1) is 15.5. The molecule has 0 aromatic heterocycles. The third-order valence-corrected chi connectivity index (χ3v) is 6.23. The summed E-state index contributed by atoms with van der Waals surface area (Å²) in [5.41, 5.74) is 3.43. The lowest BCUT2D eigenvalue weighted by atomic mass is 9.97. The maximum atomic E-state index is 11.9. The molecule has 158 valence electrons. The monoisotopic (exact) mass is 440 g/mol. The molecule has 0 radical (unpaired) electrons. The number of benzene rings is 5. The van der Waals surface area contributed by atoms with E-state index in [1.165, 1.54) is 12.1 Å². The summed E-state index contributed by atoms with van der Waals surface area (Å²) in [5.74, 6) is 0. The molecule has 0 spiro atoms. The van der Waals surface area contributed by atoms with Crippen molar-refractivity contribution in [2.45, 2.75) is 4.90 Å². The predicted octanol–water partition coefficient (Wildman–Crippen LogP) is 6.73. The fraction of sp³-hybridized carbons (Fsp3) is 0. The molecule has 0 saturated heterocycles. The molecule has 32 heavy (non-hydrogen) atoms. The van der Waals surface area contributed by atoms with Crippen LogP contribution in [0.5, 0.6) is 0 Å². The van der Waals surface area contributed by atoms with Crippen molar-refractivity contribution in [2.75, 3.05) is 10.6 Å². The van der Waals surface area contributed by atoms with Gasteiger partial charge in [0.2, 0.25) is 0 Å². The highest BCUT2D eigenvalue weighted by atomic mass is 32.2. The Balaban J connectivity index is 1.85. The van der Waals surface area contributed by atoms with Gasteiger partial charge < -0.3 is 10.6 Å². The van der Waals surface area contributed by atoms with Gasteiger partial charge in [-0.1, -0.05) is 66.7 Å². The van der Waals surface area contributed by atoms with E-state index in [0.29, 0.717) is 5.39 Å². The standard InChI is InChI=1S/C26H20N2O3S/c29-32(30,31)20-15-16-23-24(17-20)26(28-19-11-5-2-6-12-19)22-14-8-7-13-21(22)25(23)27-18-9-3-1-4-10-18/h1-17,27-28H,(H,29,30,31). The van der Waals surface area contributed by atoms with Crippen molar-refractivity contribution in [1.29, 1.82) is 0 Å². The van der Waals surface area contributed by atoms with Crippen molar-refractivity contribution in [3.8, 4) is 0 Å². The summed E-state index contributed by atoms with van der Waals surface area (Å²) in [6, 6.07) is 32.1. The molecule has 5 nitrogen and oxygen atoms in total. The van der Waals surface area contributed by atoms with Crippen LogP contribution in [-0.2, 0) is 10.1 Å². The first kappa shape index (κ1) is 20.1. The van der Waals surface area contributed by atoms with E-state index in [4.69, 9.17) is 0 Å². The van der Waals surface area contributed by atoms with Crippen LogP contribution in [0.4, 0.5) is 22.7 Å². The van der Waals surface area contributed by atoms with Gasteiger partial charge >= 0.3 is 0 Å². The summed E-state index contributed by atoms with van der Waals surface area (Å²) in [4.78, 5) is -0.151. The quantitative estimate of drug-likeness (QED) is 0.160. The largest absolute Gasteiger partial charge is 0.355 e. The lowest BCUT2D eigenvalue weighted by Gasteiger charge is -2.19. The Morgan fingerprint density at radius 1 is 0.531 bits per heavy atom. The van der Waals surface area contributed by atoms with E-state index in [2.05, 4.69) is 10.6 Å². The number of nitrogens with one attached hydrogen (secondary N) is 2. The minimum absolute atomic E-state index is 0.151. The number of hydrogen-bond acceptors (Lipinski definition) is 4. The van der Waals surface area contributed by atoms with E-state index in [9.17, 15) is 13.0 Å². The predicted molar refractivity (Wildman–Crippen MR) is 131 cm³/mol. The third-order valence-electron chi connectivity index (χ3n) is 5.38. The number of para-hydroxylation sites is 2. The van der Waals surface area contributed by atoms with Crippen LogP contribution < -0.4 is 10.6 Å². The minimum Gasteiger partial charge on any atom is -0.355 e. The van der Waals surface area contributed by atoms with Gasteiger partial charge in [0.1, 0.15) is 0 Å².